The van der Waals surface area contributed by atoms with Crippen LogP contribution in [0.1, 0.15) is 58.3 Å². The van der Waals surface area contributed by atoms with Crippen molar-refractivity contribution in [3.63, 3.8) is 0 Å². The fourth-order valence-corrected chi connectivity index (χ4v) is 10.1. The topological polar surface area (TPSA) is 115 Å². The molecule has 3 aromatic carbocycles. The number of methoxy groups -OCH3 is 3. The maximum atomic E-state index is 13.9. The number of carbonyl (C=O) groups excluding carboxylic acids is 2. The van der Waals surface area contributed by atoms with Gasteiger partial charge in [-0.3, -0.25) is 19.6 Å². The number of aliphatic imine (C=N–C) groups is 2. The first kappa shape index (κ1) is 37.9. The summed E-state index contributed by atoms with van der Waals surface area (Å²) in [7, 11) is 8.87. The smallest absolute Gasteiger partial charge is 0.257 e. The number of hydrogen-bond acceptors (Lipinski definition) is 12. The zero-order chi connectivity index (χ0) is 40.1. The number of amides is 2. The zero-order valence-corrected chi connectivity index (χ0v) is 34.6. The number of carbonyl (C=O) groups is 2. The number of hydrogen-bond donors (Lipinski definition) is 0. The summed E-state index contributed by atoms with van der Waals surface area (Å²) in [6, 6.07) is 17.2. The van der Waals surface area contributed by atoms with Crippen molar-refractivity contribution in [1.29, 1.82) is 0 Å². The number of ether oxygens (including phenoxy) is 5. The molecular weight excluding hydrogens is 775 g/mol. The van der Waals surface area contributed by atoms with Gasteiger partial charge in [0.2, 0.25) is 0 Å². The van der Waals surface area contributed by atoms with Crippen LogP contribution in [0.3, 0.4) is 0 Å². The second-order valence-corrected chi connectivity index (χ2v) is 17.2. The molecule has 4 aliphatic heterocycles. The van der Waals surface area contributed by atoms with E-state index in [1.54, 1.807) is 68.3 Å². The minimum atomic E-state index is -0.162. The predicted molar refractivity (Wildman–Crippen MR) is 225 cm³/mol. The Hall–Kier alpha value is -5.70. The molecule has 0 unspecified atom stereocenters. The van der Waals surface area contributed by atoms with E-state index in [1.165, 1.54) is 15.3 Å². The van der Waals surface area contributed by atoms with Crippen molar-refractivity contribution in [1.82, 2.24) is 14.7 Å². The van der Waals surface area contributed by atoms with E-state index in [9.17, 15) is 9.59 Å². The fourth-order valence-electron chi connectivity index (χ4n) is 8.07. The van der Waals surface area contributed by atoms with E-state index in [1.807, 2.05) is 42.4 Å². The lowest BCUT2D eigenvalue weighted by Crippen LogP contribution is -2.44. The van der Waals surface area contributed by atoms with Crippen LogP contribution in [0, 0.1) is 0 Å². The van der Waals surface area contributed by atoms with Gasteiger partial charge in [0.15, 0.2) is 28.1 Å². The van der Waals surface area contributed by atoms with Gasteiger partial charge in [0.25, 0.3) is 11.8 Å². The van der Waals surface area contributed by atoms with Crippen LogP contribution in [0.25, 0.3) is 0 Å². The van der Waals surface area contributed by atoms with E-state index in [0.29, 0.717) is 71.6 Å². The van der Waals surface area contributed by atoms with Gasteiger partial charge < -0.3 is 38.4 Å². The molecule has 0 spiro atoms. The molecular formula is C44H43N5O7S2. The van der Waals surface area contributed by atoms with Gasteiger partial charge in [0.1, 0.15) is 13.2 Å². The lowest BCUT2D eigenvalue weighted by molar-refractivity contribution is 0.0697. The van der Waals surface area contributed by atoms with Crippen LogP contribution < -0.4 is 23.7 Å². The molecule has 14 heteroatoms. The van der Waals surface area contributed by atoms with Crippen LogP contribution >= 0.6 is 22.7 Å². The van der Waals surface area contributed by atoms with Crippen molar-refractivity contribution in [2.45, 2.75) is 57.8 Å². The molecule has 12 nitrogen and oxygen atoms in total. The molecule has 6 heterocycles. The second-order valence-electron chi connectivity index (χ2n) is 15.1. The normalized spacial score (nSPS) is 17.7. The summed E-state index contributed by atoms with van der Waals surface area (Å²) < 4.78 is 29.8. The van der Waals surface area contributed by atoms with Crippen molar-refractivity contribution in [2.75, 3.05) is 35.4 Å². The largest absolute Gasteiger partial charge is 0.493 e. The second kappa shape index (κ2) is 15.6. The van der Waals surface area contributed by atoms with Gasteiger partial charge in [-0.25, -0.2) is 0 Å². The Morgan fingerprint density at radius 2 is 1.22 bits per heavy atom. The molecule has 5 aromatic rings. The lowest BCUT2D eigenvalue weighted by atomic mass is 10.0. The molecule has 298 valence electrons. The summed E-state index contributed by atoms with van der Waals surface area (Å²) in [4.78, 5) is 45.7. The van der Waals surface area contributed by atoms with E-state index < -0.39 is 0 Å². The van der Waals surface area contributed by atoms with E-state index >= 15 is 0 Å². The Balaban J connectivity index is 0.939. The van der Waals surface area contributed by atoms with Crippen LogP contribution in [-0.4, -0.2) is 86.5 Å². The minimum Gasteiger partial charge on any atom is -0.493 e. The number of nitrogens with zero attached hydrogens (tertiary/aromatic N) is 5. The summed E-state index contributed by atoms with van der Waals surface area (Å²) in [6.07, 6.45) is 5.18. The van der Waals surface area contributed by atoms with Crippen molar-refractivity contribution in [3.8, 4) is 28.1 Å². The van der Waals surface area contributed by atoms with Crippen molar-refractivity contribution < 1.29 is 33.3 Å². The Labute approximate surface area is 344 Å². The monoisotopic (exact) mass is 817 g/mol. The molecule has 4 aliphatic rings. The van der Waals surface area contributed by atoms with E-state index in [-0.39, 0.29) is 37.1 Å². The average molecular weight is 818 g/mol. The average Bonchev–Trinajstić information content (AvgIpc) is 3.81. The van der Waals surface area contributed by atoms with Gasteiger partial charge in [-0.15, -0.1) is 22.7 Å². The SMILES string of the molecule is COc1cc2c(s1)C[C@H]1C=Nc3cc(OCc4cc(COc5cc6c(cc5OC)C(=O)N5Cc7ccsc7C[C@H]5C=N6)cc(CN(C)C)c4)c(OC)cc3C(=O)N1C2. The Morgan fingerprint density at radius 1 is 0.672 bits per heavy atom. The van der Waals surface area contributed by atoms with Crippen LogP contribution in [0.2, 0.25) is 0 Å². The Morgan fingerprint density at radius 3 is 1.78 bits per heavy atom. The first-order valence-corrected chi connectivity index (χ1v) is 20.7. The van der Waals surface area contributed by atoms with Crippen LogP contribution in [0.5, 0.6) is 28.1 Å². The summed E-state index contributed by atoms with van der Waals surface area (Å²) in [6.45, 7) is 2.24. The minimum absolute atomic E-state index is 0.0703. The molecule has 2 amide bonds. The highest BCUT2D eigenvalue weighted by molar-refractivity contribution is 7.14. The molecule has 58 heavy (non-hydrogen) atoms. The molecule has 0 radical (unpaired) electrons. The van der Waals surface area contributed by atoms with Crippen molar-refractivity contribution in [3.05, 3.63) is 109 Å². The number of thiophene rings is 2. The Bertz CT molecular complexity index is 2490. The molecule has 0 saturated carbocycles. The molecule has 0 fully saturated rings. The molecule has 2 atom stereocenters. The highest BCUT2D eigenvalue weighted by Crippen LogP contribution is 2.42. The van der Waals surface area contributed by atoms with E-state index in [0.717, 1.165) is 33.7 Å². The van der Waals surface area contributed by atoms with Gasteiger partial charge >= 0.3 is 0 Å². The third kappa shape index (κ3) is 7.20. The van der Waals surface area contributed by atoms with E-state index in [2.05, 4.69) is 34.5 Å². The Kier molecular flexibility index (Phi) is 10.2. The van der Waals surface area contributed by atoms with Gasteiger partial charge in [0.05, 0.1) is 55.9 Å². The zero-order valence-electron chi connectivity index (χ0n) is 32.9. The number of rotatable bonds is 11. The molecule has 0 bridgehead atoms. The first-order chi connectivity index (χ1) is 28.2. The third-order valence-electron chi connectivity index (χ3n) is 10.9. The standard InChI is InChI=1S/C44H43N5O7S2/c1-47(2)20-25-8-26(23-55-38-16-34-32(14-36(38)52-3)43(50)48-21-28-6-7-57-40(28)12-30(48)18-45-34)10-27(9-25)24-56-39-17-35-33(15-37(39)53-4)44(51)49-22-29-11-42(54-5)58-41(29)13-31(49)19-46-35/h6-11,14-19,30-31H,12-13,20-24H2,1-5H3/t30-,31-/m0/s1. The summed E-state index contributed by atoms with van der Waals surface area (Å²) >= 11 is 3.34. The predicted octanol–water partition coefficient (Wildman–Crippen LogP) is 7.62. The molecule has 0 saturated heterocycles. The first-order valence-electron chi connectivity index (χ1n) is 19.0. The van der Waals surface area contributed by atoms with Crippen molar-refractivity contribution in [2.24, 2.45) is 9.98 Å². The number of fused-ring (bicyclic) bond motifs is 6. The maximum Gasteiger partial charge on any atom is 0.257 e. The lowest BCUT2D eigenvalue weighted by Gasteiger charge is -2.32. The van der Waals surface area contributed by atoms with Gasteiger partial charge in [0, 0.05) is 66.8 Å². The highest BCUT2D eigenvalue weighted by Gasteiger charge is 2.36. The summed E-state index contributed by atoms with van der Waals surface area (Å²) in [5.74, 6) is 1.73. The summed E-state index contributed by atoms with van der Waals surface area (Å²) in [5, 5.41) is 2.93. The molecule has 0 aliphatic carbocycles. The quantitative estimate of drug-likeness (QED) is 0.134. The molecule has 2 aromatic heterocycles. The fraction of sp³-hybridized carbons (Fsp3) is 0.318. The van der Waals surface area contributed by atoms with Crippen LogP contribution in [0.15, 0.2) is 70.0 Å². The van der Waals surface area contributed by atoms with Gasteiger partial charge in [-0.1, -0.05) is 12.1 Å². The molecule has 0 N–H and O–H groups in total. The van der Waals surface area contributed by atoms with Crippen LogP contribution in [-0.2, 0) is 45.7 Å². The third-order valence-corrected chi connectivity index (χ3v) is 13.0. The highest BCUT2D eigenvalue weighted by atomic mass is 32.1. The summed E-state index contributed by atoms with van der Waals surface area (Å²) in [5.41, 5.74) is 7.31. The van der Waals surface area contributed by atoms with Crippen LogP contribution in [0.4, 0.5) is 11.4 Å². The van der Waals surface area contributed by atoms with Gasteiger partial charge in [-0.2, -0.15) is 0 Å². The van der Waals surface area contributed by atoms with E-state index in [4.69, 9.17) is 33.7 Å². The molecule has 9 rings (SSSR count). The van der Waals surface area contributed by atoms with Crippen molar-refractivity contribution >= 4 is 58.3 Å². The number of benzene rings is 3. The maximum absolute atomic E-state index is 13.9. The van der Waals surface area contributed by atoms with Gasteiger partial charge in [-0.05, 0) is 77.6 Å².